The van der Waals surface area contributed by atoms with Crippen molar-refractivity contribution >= 4 is 6.08 Å². The number of unbranched alkanes of at least 4 members (excludes halogenated alkanes) is 1. The van der Waals surface area contributed by atoms with Crippen LogP contribution in [0, 0.1) is 0 Å². The third kappa shape index (κ3) is 6.78. The van der Waals surface area contributed by atoms with E-state index in [1.807, 2.05) is 13.8 Å². The molecule has 94 valence electrons. The third-order valence-electron chi connectivity index (χ3n) is 2.38. The van der Waals surface area contributed by atoms with Crippen LogP contribution in [-0.2, 0) is 6.42 Å². The highest BCUT2D eigenvalue weighted by atomic mass is 14.0. The van der Waals surface area contributed by atoms with Crippen LogP contribution < -0.4 is 0 Å². The first-order chi connectivity index (χ1) is 8.38. The number of hydrogen-bond donors (Lipinski definition) is 0. The highest BCUT2D eigenvalue weighted by Crippen LogP contribution is 2.12. The zero-order valence-corrected chi connectivity index (χ0v) is 11.7. The molecule has 1 rings (SSSR count). The molecule has 0 aliphatic rings. The predicted octanol–water partition coefficient (Wildman–Crippen LogP) is 5.64. The summed E-state index contributed by atoms with van der Waals surface area (Å²) in [5.41, 5.74) is 2.76. The van der Waals surface area contributed by atoms with Crippen LogP contribution in [0.25, 0.3) is 6.08 Å². The van der Waals surface area contributed by atoms with Gasteiger partial charge in [0.2, 0.25) is 0 Å². The molecular weight excluding hydrogens is 204 g/mol. The second-order valence-corrected chi connectivity index (χ2v) is 3.66. The molecule has 0 radical (unpaired) electrons. The smallest absolute Gasteiger partial charge is 0.00916 e. The largest absolute Gasteiger partial charge is 0.0913 e. The predicted molar refractivity (Wildman–Crippen MR) is 80.3 cm³/mol. The van der Waals surface area contributed by atoms with E-state index >= 15 is 0 Å². The first-order valence-corrected chi connectivity index (χ1v) is 6.74. The Labute approximate surface area is 107 Å². The van der Waals surface area contributed by atoms with E-state index in [2.05, 4.69) is 62.4 Å². The standard InChI is InChI=1S/C15H20.C2H6/c1-3-5-7-11-15-13-9-8-12-14(15)10-6-4-2;1-2/h4,6-9,11-13H,3,5,10H2,1-2H3;1-2H3/b6-4+,11-7+;. The van der Waals surface area contributed by atoms with Gasteiger partial charge in [-0.2, -0.15) is 0 Å². The molecule has 0 aromatic heterocycles. The molecule has 0 N–H and O–H groups in total. The van der Waals surface area contributed by atoms with Gasteiger partial charge in [0.1, 0.15) is 0 Å². The summed E-state index contributed by atoms with van der Waals surface area (Å²) in [7, 11) is 0. The van der Waals surface area contributed by atoms with Gasteiger partial charge in [-0.15, -0.1) is 0 Å². The van der Waals surface area contributed by atoms with Gasteiger partial charge in [-0.05, 0) is 30.9 Å². The Morgan fingerprint density at radius 1 is 1.06 bits per heavy atom. The monoisotopic (exact) mass is 230 g/mol. The van der Waals surface area contributed by atoms with E-state index in [1.165, 1.54) is 17.5 Å². The topological polar surface area (TPSA) is 0 Å². The van der Waals surface area contributed by atoms with Crippen molar-refractivity contribution in [3.8, 4) is 0 Å². The minimum absolute atomic E-state index is 1.03. The van der Waals surface area contributed by atoms with Crippen LogP contribution in [-0.4, -0.2) is 0 Å². The zero-order valence-electron chi connectivity index (χ0n) is 11.7. The summed E-state index contributed by atoms with van der Waals surface area (Å²) in [4.78, 5) is 0. The van der Waals surface area contributed by atoms with Gasteiger partial charge in [0, 0.05) is 0 Å². The van der Waals surface area contributed by atoms with Crippen molar-refractivity contribution in [3.63, 3.8) is 0 Å². The lowest BCUT2D eigenvalue weighted by Gasteiger charge is -2.02. The van der Waals surface area contributed by atoms with E-state index in [1.54, 1.807) is 0 Å². The highest BCUT2D eigenvalue weighted by Gasteiger charge is 1.94. The summed E-state index contributed by atoms with van der Waals surface area (Å²) in [6.07, 6.45) is 12.2. The van der Waals surface area contributed by atoms with Crippen LogP contribution in [0.3, 0.4) is 0 Å². The molecule has 0 heterocycles. The molecule has 0 atom stereocenters. The lowest BCUT2D eigenvalue weighted by Crippen LogP contribution is -1.85. The molecule has 0 saturated heterocycles. The number of benzene rings is 1. The van der Waals surface area contributed by atoms with Crippen molar-refractivity contribution in [2.45, 2.75) is 47.0 Å². The maximum atomic E-state index is 2.26. The maximum absolute atomic E-state index is 2.26. The van der Waals surface area contributed by atoms with Crippen LogP contribution in [0.4, 0.5) is 0 Å². The fourth-order valence-electron chi connectivity index (χ4n) is 1.50. The minimum atomic E-state index is 1.03. The minimum Gasteiger partial charge on any atom is -0.0913 e. The molecule has 0 heteroatoms. The Hall–Kier alpha value is -1.30. The van der Waals surface area contributed by atoms with Crippen molar-refractivity contribution < 1.29 is 0 Å². The molecule has 1 aromatic carbocycles. The molecule has 0 bridgehead atoms. The van der Waals surface area contributed by atoms with Crippen LogP contribution in [0.2, 0.25) is 0 Å². The average Bonchev–Trinajstić information content (AvgIpc) is 2.40. The van der Waals surface area contributed by atoms with E-state index in [4.69, 9.17) is 0 Å². The first kappa shape index (κ1) is 15.7. The van der Waals surface area contributed by atoms with Crippen LogP contribution in [0.15, 0.2) is 42.5 Å². The maximum Gasteiger partial charge on any atom is -0.00916 e. The van der Waals surface area contributed by atoms with E-state index in [0.29, 0.717) is 0 Å². The SMILES string of the molecule is C/C=C/Cc1ccccc1/C=C/CCC.CC. The molecule has 0 saturated carbocycles. The van der Waals surface area contributed by atoms with E-state index < -0.39 is 0 Å². The van der Waals surface area contributed by atoms with Gasteiger partial charge in [-0.1, -0.05) is 75.8 Å². The fraction of sp³-hybridized carbons (Fsp3) is 0.412. The van der Waals surface area contributed by atoms with Crippen molar-refractivity contribution in [2.24, 2.45) is 0 Å². The van der Waals surface area contributed by atoms with Gasteiger partial charge < -0.3 is 0 Å². The van der Waals surface area contributed by atoms with Crippen molar-refractivity contribution in [1.29, 1.82) is 0 Å². The van der Waals surface area contributed by atoms with Gasteiger partial charge in [-0.3, -0.25) is 0 Å². The van der Waals surface area contributed by atoms with Gasteiger partial charge in [-0.25, -0.2) is 0 Å². The summed E-state index contributed by atoms with van der Waals surface area (Å²) in [6, 6.07) is 8.59. The molecule has 1 aromatic rings. The Balaban J connectivity index is 0.00000121. The van der Waals surface area contributed by atoms with E-state index in [-0.39, 0.29) is 0 Å². The molecule has 0 nitrogen and oxygen atoms in total. The number of rotatable bonds is 5. The Kier molecular flexibility index (Phi) is 10.3. The van der Waals surface area contributed by atoms with Crippen molar-refractivity contribution in [1.82, 2.24) is 0 Å². The number of allylic oxidation sites excluding steroid dienone is 3. The second-order valence-electron chi connectivity index (χ2n) is 3.66. The molecule has 0 aliphatic heterocycles. The molecule has 0 unspecified atom stereocenters. The summed E-state index contributed by atoms with van der Waals surface area (Å²) in [5, 5.41) is 0. The zero-order chi connectivity index (χ0) is 12.9. The number of hydrogen-bond acceptors (Lipinski definition) is 0. The lowest BCUT2D eigenvalue weighted by molar-refractivity contribution is 0.962. The first-order valence-electron chi connectivity index (χ1n) is 6.74. The summed E-state index contributed by atoms with van der Waals surface area (Å²) >= 11 is 0. The van der Waals surface area contributed by atoms with Crippen LogP contribution in [0.5, 0.6) is 0 Å². The van der Waals surface area contributed by atoms with Crippen LogP contribution in [0.1, 0.15) is 51.7 Å². The summed E-state index contributed by atoms with van der Waals surface area (Å²) in [6.45, 7) is 8.27. The van der Waals surface area contributed by atoms with Gasteiger partial charge in [0.15, 0.2) is 0 Å². The molecule has 0 aliphatic carbocycles. The fourth-order valence-corrected chi connectivity index (χ4v) is 1.50. The third-order valence-corrected chi connectivity index (χ3v) is 2.38. The highest BCUT2D eigenvalue weighted by molar-refractivity contribution is 5.54. The molecule has 17 heavy (non-hydrogen) atoms. The quantitative estimate of drug-likeness (QED) is 0.574. The van der Waals surface area contributed by atoms with Crippen molar-refractivity contribution in [2.75, 3.05) is 0 Å². The van der Waals surface area contributed by atoms with E-state index in [0.717, 1.165) is 12.8 Å². The molecule has 0 spiro atoms. The molecule has 0 amide bonds. The Morgan fingerprint density at radius 2 is 1.76 bits per heavy atom. The molecular formula is C17H26. The normalized spacial score (nSPS) is 10.6. The lowest BCUT2D eigenvalue weighted by atomic mass is 10.0. The Bertz CT molecular complexity index is 332. The summed E-state index contributed by atoms with van der Waals surface area (Å²) in [5.74, 6) is 0. The molecule has 0 fully saturated rings. The van der Waals surface area contributed by atoms with E-state index in [9.17, 15) is 0 Å². The van der Waals surface area contributed by atoms with Crippen molar-refractivity contribution in [3.05, 3.63) is 53.6 Å². The van der Waals surface area contributed by atoms with Gasteiger partial charge in [0.25, 0.3) is 0 Å². The van der Waals surface area contributed by atoms with Gasteiger partial charge >= 0.3 is 0 Å². The average molecular weight is 230 g/mol. The second kappa shape index (κ2) is 11.2. The van der Waals surface area contributed by atoms with Crippen LogP contribution >= 0.6 is 0 Å². The van der Waals surface area contributed by atoms with Gasteiger partial charge in [0.05, 0.1) is 0 Å². The Morgan fingerprint density at radius 3 is 2.41 bits per heavy atom. The summed E-state index contributed by atoms with van der Waals surface area (Å²) < 4.78 is 0.